The molecule has 1 aromatic heterocycles. The highest BCUT2D eigenvalue weighted by Crippen LogP contribution is 2.36. The molecule has 2 aromatic carbocycles. The van der Waals surface area contributed by atoms with E-state index < -0.39 is 22.4 Å². The van der Waals surface area contributed by atoms with Crippen molar-refractivity contribution in [1.82, 2.24) is 5.32 Å². The highest BCUT2D eigenvalue weighted by atomic mass is 35.5. The van der Waals surface area contributed by atoms with Crippen LogP contribution >= 0.6 is 22.9 Å². The topological polar surface area (TPSA) is 102 Å². The summed E-state index contributed by atoms with van der Waals surface area (Å²) < 4.78 is 38.5. The third kappa shape index (κ3) is 7.33. The SMILES string of the molecule is CCC(CNCCCS(=O)(=O)c1sc2ccc(Cl)cc2c1C)Oc1ccc(OCC(=O)O)c(C)c1. The number of carbonyl (C=O) groups is 1. The second-order valence-corrected chi connectivity index (χ2v) is 12.1. The van der Waals surface area contributed by atoms with Gasteiger partial charge in [-0.15, -0.1) is 11.3 Å². The molecule has 0 aliphatic rings. The Morgan fingerprint density at radius 3 is 2.66 bits per heavy atom. The maximum atomic E-state index is 12.9. The van der Waals surface area contributed by atoms with Gasteiger partial charge in [-0.05, 0) is 86.1 Å². The van der Waals surface area contributed by atoms with Crippen LogP contribution in [0.15, 0.2) is 40.6 Å². The first-order valence-corrected chi connectivity index (χ1v) is 14.2. The number of carboxylic acid groups (broad SMARTS) is 1. The molecule has 0 saturated carbocycles. The second kappa shape index (κ2) is 12.1. The van der Waals surface area contributed by atoms with Crippen molar-refractivity contribution in [2.24, 2.45) is 0 Å². The zero-order valence-electron chi connectivity index (χ0n) is 20.0. The number of fused-ring (bicyclic) bond motifs is 1. The molecule has 10 heteroatoms. The van der Waals surface area contributed by atoms with Crippen LogP contribution in [0, 0.1) is 13.8 Å². The van der Waals surface area contributed by atoms with Crippen molar-refractivity contribution >= 4 is 48.8 Å². The maximum Gasteiger partial charge on any atom is 0.341 e. The van der Waals surface area contributed by atoms with Crippen LogP contribution in [-0.4, -0.2) is 51.0 Å². The number of aryl methyl sites for hydroxylation is 2. The zero-order valence-corrected chi connectivity index (χ0v) is 22.4. The first-order valence-electron chi connectivity index (χ1n) is 11.3. The van der Waals surface area contributed by atoms with Gasteiger partial charge in [-0.2, -0.15) is 0 Å². The molecule has 3 aromatic rings. The van der Waals surface area contributed by atoms with E-state index in [2.05, 4.69) is 5.32 Å². The number of hydrogen-bond acceptors (Lipinski definition) is 7. The smallest absolute Gasteiger partial charge is 0.341 e. The predicted molar refractivity (Wildman–Crippen MR) is 140 cm³/mol. The fraction of sp³-hybridized carbons (Fsp3) is 0.400. The van der Waals surface area contributed by atoms with E-state index in [0.717, 1.165) is 27.6 Å². The largest absolute Gasteiger partial charge is 0.489 e. The van der Waals surface area contributed by atoms with Crippen molar-refractivity contribution in [3.05, 3.63) is 52.5 Å². The molecule has 190 valence electrons. The van der Waals surface area contributed by atoms with Crippen molar-refractivity contribution < 1.29 is 27.8 Å². The molecular formula is C25H30ClNO6S2. The molecule has 0 bridgehead atoms. The number of rotatable bonds is 13. The summed E-state index contributed by atoms with van der Waals surface area (Å²) in [7, 11) is -3.38. The Kier molecular flexibility index (Phi) is 9.40. The number of nitrogens with one attached hydrogen (secondary N) is 1. The minimum atomic E-state index is -3.38. The lowest BCUT2D eigenvalue weighted by Gasteiger charge is -2.19. The highest BCUT2D eigenvalue weighted by Gasteiger charge is 2.21. The molecule has 1 heterocycles. The van der Waals surface area contributed by atoms with Gasteiger partial charge in [0.1, 0.15) is 21.8 Å². The van der Waals surface area contributed by atoms with Gasteiger partial charge in [-0.25, -0.2) is 13.2 Å². The summed E-state index contributed by atoms with van der Waals surface area (Å²) in [5, 5.41) is 13.5. The number of sulfone groups is 1. The summed E-state index contributed by atoms with van der Waals surface area (Å²) in [4.78, 5) is 10.7. The van der Waals surface area contributed by atoms with Gasteiger partial charge in [-0.3, -0.25) is 0 Å². The second-order valence-electron chi connectivity index (χ2n) is 8.29. The molecule has 0 fully saturated rings. The van der Waals surface area contributed by atoms with Crippen molar-refractivity contribution in [1.29, 1.82) is 0 Å². The van der Waals surface area contributed by atoms with Gasteiger partial charge in [0.05, 0.1) is 5.75 Å². The molecular weight excluding hydrogens is 510 g/mol. The van der Waals surface area contributed by atoms with Crippen molar-refractivity contribution in [2.75, 3.05) is 25.4 Å². The van der Waals surface area contributed by atoms with Gasteiger partial charge < -0.3 is 19.9 Å². The number of thiophene rings is 1. The van der Waals surface area contributed by atoms with E-state index >= 15 is 0 Å². The molecule has 0 spiro atoms. The van der Waals surface area contributed by atoms with Crippen LogP contribution in [-0.2, 0) is 14.6 Å². The Hall–Kier alpha value is -2.33. The molecule has 0 aliphatic heterocycles. The average molecular weight is 540 g/mol. The first kappa shape index (κ1) is 27.3. The van der Waals surface area contributed by atoms with E-state index in [1.54, 1.807) is 18.2 Å². The Morgan fingerprint density at radius 1 is 1.20 bits per heavy atom. The zero-order chi connectivity index (χ0) is 25.6. The van der Waals surface area contributed by atoms with Gasteiger partial charge in [0.2, 0.25) is 0 Å². The number of aliphatic carboxylic acids is 1. The number of halogens is 1. The van der Waals surface area contributed by atoms with E-state index in [1.165, 1.54) is 11.3 Å². The Labute approximate surface area is 214 Å². The van der Waals surface area contributed by atoms with Crippen LogP contribution in [0.4, 0.5) is 0 Å². The summed E-state index contributed by atoms with van der Waals surface area (Å²) in [6.45, 7) is 6.41. The Bertz CT molecular complexity index is 1290. The van der Waals surface area contributed by atoms with Gasteiger partial charge in [-0.1, -0.05) is 18.5 Å². The summed E-state index contributed by atoms with van der Waals surface area (Å²) in [5.74, 6) is 0.208. The lowest BCUT2D eigenvalue weighted by Crippen LogP contribution is -2.32. The molecule has 7 nitrogen and oxygen atoms in total. The summed E-state index contributed by atoms with van der Waals surface area (Å²) in [6.07, 6.45) is 1.17. The number of hydrogen-bond donors (Lipinski definition) is 2. The van der Waals surface area contributed by atoms with E-state index in [-0.39, 0.29) is 11.9 Å². The predicted octanol–water partition coefficient (Wildman–Crippen LogP) is 5.25. The first-order chi connectivity index (χ1) is 16.6. The average Bonchev–Trinajstić information content (AvgIpc) is 3.14. The number of benzene rings is 2. The van der Waals surface area contributed by atoms with Crippen molar-refractivity contribution in [3.8, 4) is 11.5 Å². The van der Waals surface area contributed by atoms with Crippen LogP contribution in [0.3, 0.4) is 0 Å². The maximum absolute atomic E-state index is 12.9. The number of ether oxygens (including phenoxy) is 2. The molecule has 2 N–H and O–H groups in total. The molecule has 0 aliphatic carbocycles. The Balaban J connectivity index is 1.48. The van der Waals surface area contributed by atoms with Gasteiger partial charge in [0.15, 0.2) is 16.4 Å². The standard InChI is InChI=1S/C25H30ClNO6S2/c1-4-19(33-20-7-8-22(16(2)12-20)32-15-24(28)29)14-27-10-5-11-35(30,31)25-17(3)21-13-18(26)6-9-23(21)34-25/h6-9,12-13,19,27H,4-5,10-11,14-15H2,1-3H3,(H,28,29). The van der Waals surface area contributed by atoms with E-state index in [1.807, 2.05) is 39.0 Å². The fourth-order valence-corrected chi connectivity index (χ4v) is 7.08. The lowest BCUT2D eigenvalue weighted by atomic mass is 10.2. The summed E-state index contributed by atoms with van der Waals surface area (Å²) in [6, 6.07) is 10.7. The third-order valence-corrected chi connectivity index (χ3v) is 9.54. The van der Waals surface area contributed by atoms with Crippen LogP contribution in [0.5, 0.6) is 11.5 Å². The summed E-state index contributed by atoms with van der Waals surface area (Å²) in [5.41, 5.74) is 1.55. The molecule has 0 radical (unpaired) electrons. The van der Waals surface area contributed by atoms with E-state index in [9.17, 15) is 13.2 Å². The normalized spacial score (nSPS) is 12.6. The fourth-order valence-electron chi connectivity index (χ4n) is 3.67. The monoisotopic (exact) mass is 539 g/mol. The van der Waals surface area contributed by atoms with Gasteiger partial charge in [0, 0.05) is 16.3 Å². The molecule has 1 atom stereocenters. The van der Waals surface area contributed by atoms with Crippen LogP contribution in [0.25, 0.3) is 10.1 Å². The van der Waals surface area contributed by atoms with Crippen LogP contribution in [0.2, 0.25) is 5.02 Å². The van der Waals surface area contributed by atoms with Gasteiger partial charge >= 0.3 is 5.97 Å². The van der Waals surface area contributed by atoms with Crippen LogP contribution in [0.1, 0.15) is 30.9 Å². The highest BCUT2D eigenvalue weighted by molar-refractivity contribution is 7.93. The van der Waals surface area contributed by atoms with Crippen molar-refractivity contribution in [3.63, 3.8) is 0 Å². The van der Waals surface area contributed by atoms with E-state index in [4.69, 9.17) is 26.2 Å². The van der Waals surface area contributed by atoms with Crippen molar-refractivity contribution in [2.45, 2.75) is 43.9 Å². The molecule has 0 saturated heterocycles. The number of carboxylic acids is 1. The molecule has 1 unspecified atom stereocenters. The molecule has 35 heavy (non-hydrogen) atoms. The Morgan fingerprint density at radius 2 is 1.97 bits per heavy atom. The van der Waals surface area contributed by atoms with Crippen LogP contribution < -0.4 is 14.8 Å². The third-order valence-electron chi connectivity index (χ3n) is 5.53. The van der Waals surface area contributed by atoms with E-state index in [0.29, 0.717) is 40.2 Å². The minimum Gasteiger partial charge on any atom is -0.489 e. The molecule has 3 rings (SSSR count). The van der Waals surface area contributed by atoms with Gasteiger partial charge in [0.25, 0.3) is 0 Å². The molecule has 0 amide bonds. The summed E-state index contributed by atoms with van der Waals surface area (Å²) >= 11 is 7.36. The quantitative estimate of drug-likeness (QED) is 0.286. The minimum absolute atomic E-state index is 0.0655. The lowest BCUT2D eigenvalue weighted by molar-refractivity contribution is -0.139.